The molecule has 0 saturated carbocycles. The van der Waals surface area contributed by atoms with Crippen LogP contribution in [0.15, 0.2) is 68.8 Å². The molecule has 138 valence electrons. The molecule has 0 N–H and O–H groups in total. The average molecular weight is 483 g/mol. The van der Waals surface area contributed by atoms with Crippen LogP contribution in [0.4, 0.5) is 0 Å². The highest BCUT2D eigenvalue weighted by atomic mass is 127. The number of hydrogen-bond acceptors (Lipinski definition) is 3. The zero-order valence-corrected chi connectivity index (χ0v) is 17.8. The Morgan fingerprint density at radius 3 is 2.35 bits per heavy atom. The number of sulfonamides is 1. The summed E-state index contributed by atoms with van der Waals surface area (Å²) in [6, 6.07) is 16.6. The highest BCUT2D eigenvalue weighted by Crippen LogP contribution is 2.45. The Kier molecular flexibility index (Phi) is 6.04. The molecule has 26 heavy (non-hydrogen) atoms. The Morgan fingerprint density at radius 1 is 1.08 bits per heavy atom. The fourth-order valence-corrected chi connectivity index (χ4v) is 5.32. The van der Waals surface area contributed by atoms with Gasteiger partial charge < -0.3 is 0 Å². The number of hydrogen-bond donors (Lipinski definition) is 0. The average Bonchev–Trinajstić information content (AvgIpc) is 2.98. The highest BCUT2D eigenvalue weighted by Gasteiger charge is 2.39. The van der Waals surface area contributed by atoms with Gasteiger partial charge in [-0.2, -0.15) is 8.42 Å². The fraction of sp³-hybridized carbons (Fsp3) is 0.300. The number of rotatable bonds is 6. The number of allylic oxidation sites excluding steroid dienone is 1. The molecular weight excluding hydrogens is 461 g/mol. The van der Waals surface area contributed by atoms with Crippen molar-refractivity contribution in [3.63, 3.8) is 0 Å². The summed E-state index contributed by atoms with van der Waals surface area (Å²) in [6.07, 6.45) is 2.18. The number of aryl methyl sites for hydroxylation is 1. The summed E-state index contributed by atoms with van der Waals surface area (Å²) in [5, 5.41) is 0. The number of unbranched alkanes of at least 4 members (excludes halogenated alkanes) is 1. The van der Waals surface area contributed by atoms with Gasteiger partial charge in [-0.25, -0.2) is 4.84 Å². The predicted molar refractivity (Wildman–Crippen MR) is 111 cm³/mol. The molecule has 0 spiro atoms. The van der Waals surface area contributed by atoms with E-state index < -0.39 is 10.0 Å². The van der Waals surface area contributed by atoms with Crippen LogP contribution < -0.4 is 0 Å². The van der Waals surface area contributed by atoms with Gasteiger partial charge in [0.25, 0.3) is 10.0 Å². The molecule has 4 nitrogen and oxygen atoms in total. The molecule has 0 amide bonds. The van der Waals surface area contributed by atoms with Crippen LogP contribution in [0.1, 0.15) is 43.4 Å². The fourth-order valence-electron chi connectivity index (χ4n) is 2.84. The van der Waals surface area contributed by atoms with Gasteiger partial charge in [-0.15, -0.1) is 4.47 Å². The Hall–Kier alpha value is -1.38. The van der Waals surface area contributed by atoms with Gasteiger partial charge in [0.05, 0.1) is 10.6 Å². The number of nitrogens with zero attached hydrogens (tertiary/aromatic N) is 1. The van der Waals surface area contributed by atoms with E-state index in [0.29, 0.717) is 6.42 Å². The molecule has 1 aliphatic heterocycles. The zero-order chi connectivity index (χ0) is 18.7. The van der Waals surface area contributed by atoms with Gasteiger partial charge in [0.15, 0.2) is 0 Å². The molecule has 0 aliphatic carbocycles. The number of halogens is 1. The van der Waals surface area contributed by atoms with Crippen LogP contribution in [0, 0.1) is 6.92 Å². The van der Waals surface area contributed by atoms with Gasteiger partial charge in [-0.05, 0) is 60.1 Å². The maximum atomic E-state index is 13.2. The first-order valence-corrected chi connectivity index (χ1v) is 11.2. The lowest BCUT2D eigenvalue weighted by molar-refractivity contribution is -0.0717. The summed E-state index contributed by atoms with van der Waals surface area (Å²) in [4.78, 5) is 6.23. The van der Waals surface area contributed by atoms with E-state index in [4.69, 9.17) is 4.84 Å². The molecule has 0 radical (unpaired) electrons. The van der Waals surface area contributed by atoms with Gasteiger partial charge in [0.1, 0.15) is 6.10 Å². The minimum absolute atomic E-state index is 0.245. The molecule has 0 fully saturated rings. The van der Waals surface area contributed by atoms with Gasteiger partial charge in [-0.1, -0.05) is 61.4 Å². The Balaban J connectivity index is 2.01. The van der Waals surface area contributed by atoms with Crippen molar-refractivity contribution in [1.82, 2.24) is 4.47 Å². The van der Waals surface area contributed by atoms with Crippen molar-refractivity contribution in [2.75, 3.05) is 0 Å². The smallest absolute Gasteiger partial charge is 0.245 e. The Bertz CT molecular complexity index is 892. The zero-order valence-electron chi connectivity index (χ0n) is 14.9. The summed E-state index contributed by atoms with van der Waals surface area (Å²) < 4.78 is 28.5. The van der Waals surface area contributed by atoms with Crippen LogP contribution in [0.5, 0.6) is 0 Å². The Morgan fingerprint density at radius 2 is 1.73 bits per heavy atom. The number of benzene rings is 2. The van der Waals surface area contributed by atoms with E-state index in [-0.39, 0.29) is 11.0 Å². The molecular formula is C20H22INO3S. The molecule has 0 bridgehead atoms. The summed E-state index contributed by atoms with van der Waals surface area (Å²) >= 11 is 2.23. The number of hydroxylamine groups is 1. The summed E-state index contributed by atoms with van der Waals surface area (Å²) in [5.74, 6) is 0. The molecule has 2 aromatic carbocycles. The standard InChI is InChI=1S/C20H22INO3S/c1-3-4-10-18-19(21)20(16-8-6-5-7-9-16)25-22(18)26(23,24)17-13-11-15(2)12-14-17/h5-9,11-14,20H,3-4,10H2,1-2H3. The summed E-state index contributed by atoms with van der Waals surface area (Å²) in [7, 11) is -3.76. The second kappa shape index (κ2) is 8.10. The minimum Gasteiger partial charge on any atom is -0.245 e. The van der Waals surface area contributed by atoms with E-state index in [0.717, 1.165) is 37.7 Å². The minimum atomic E-state index is -3.76. The molecule has 6 heteroatoms. The van der Waals surface area contributed by atoms with Crippen LogP contribution in [0.3, 0.4) is 0 Å². The lowest BCUT2D eigenvalue weighted by atomic mass is 10.1. The van der Waals surface area contributed by atoms with Crippen LogP contribution >= 0.6 is 22.6 Å². The molecule has 2 aromatic rings. The third-order valence-corrected chi connectivity index (χ3v) is 7.13. The topological polar surface area (TPSA) is 46.6 Å². The predicted octanol–water partition coefficient (Wildman–Crippen LogP) is 5.51. The van der Waals surface area contributed by atoms with E-state index >= 15 is 0 Å². The first-order valence-electron chi connectivity index (χ1n) is 8.67. The van der Waals surface area contributed by atoms with Crippen LogP contribution in [-0.2, 0) is 14.9 Å². The quantitative estimate of drug-likeness (QED) is 0.510. The normalized spacial score (nSPS) is 17.8. The van der Waals surface area contributed by atoms with Gasteiger partial charge >= 0.3 is 0 Å². The highest BCUT2D eigenvalue weighted by molar-refractivity contribution is 14.1. The molecule has 1 atom stereocenters. The SMILES string of the molecule is CCCCC1=C(I)C(c2ccccc2)ON1S(=O)(=O)c1ccc(C)cc1. The van der Waals surface area contributed by atoms with E-state index in [9.17, 15) is 8.42 Å². The van der Waals surface area contributed by atoms with Crippen LogP contribution in [0.2, 0.25) is 0 Å². The molecule has 1 heterocycles. The lowest BCUT2D eigenvalue weighted by Gasteiger charge is -2.22. The maximum Gasteiger partial charge on any atom is 0.286 e. The first-order chi connectivity index (χ1) is 12.4. The van der Waals surface area contributed by atoms with Gasteiger partial charge in [-0.3, -0.25) is 0 Å². The largest absolute Gasteiger partial charge is 0.286 e. The lowest BCUT2D eigenvalue weighted by Crippen LogP contribution is -2.27. The molecule has 0 saturated heterocycles. The van der Waals surface area contributed by atoms with Crippen molar-refractivity contribution in [3.8, 4) is 0 Å². The monoisotopic (exact) mass is 483 g/mol. The van der Waals surface area contributed by atoms with Crippen molar-refractivity contribution in [2.24, 2.45) is 0 Å². The van der Waals surface area contributed by atoms with Crippen molar-refractivity contribution in [1.29, 1.82) is 0 Å². The second-order valence-electron chi connectivity index (χ2n) is 6.34. The third-order valence-electron chi connectivity index (χ3n) is 4.33. The van der Waals surface area contributed by atoms with Crippen LogP contribution in [-0.4, -0.2) is 12.9 Å². The maximum absolute atomic E-state index is 13.2. The molecule has 0 aromatic heterocycles. The van der Waals surface area contributed by atoms with E-state index in [1.165, 1.54) is 0 Å². The third kappa shape index (κ3) is 3.82. The summed E-state index contributed by atoms with van der Waals surface area (Å²) in [5.41, 5.74) is 2.71. The molecule has 1 unspecified atom stereocenters. The van der Waals surface area contributed by atoms with Crippen molar-refractivity contribution < 1.29 is 13.3 Å². The van der Waals surface area contributed by atoms with Crippen molar-refractivity contribution in [3.05, 3.63) is 75.0 Å². The Labute approximate surface area is 169 Å². The van der Waals surface area contributed by atoms with Crippen molar-refractivity contribution >= 4 is 32.6 Å². The van der Waals surface area contributed by atoms with E-state index in [1.807, 2.05) is 37.3 Å². The van der Waals surface area contributed by atoms with Gasteiger partial charge in [0.2, 0.25) is 0 Å². The summed E-state index contributed by atoms with van der Waals surface area (Å²) in [6.45, 7) is 4.03. The second-order valence-corrected chi connectivity index (χ2v) is 9.25. The molecule has 1 aliphatic rings. The van der Waals surface area contributed by atoms with E-state index in [2.05, 4.69) is 29.5 Å². The van der Waals surface area contributed by atoms with Gasteiger partial charge in [0, 0.05) is 3.58 Å². The van der Waals surface area contributed by atoms with Crippen molar-refractivity contribution in [2.45, 2.75) is 44.1 Å². The first kappa shape index (κ1) is 19.4. The van der Waals surface area contributed by atoms with E-state index in [1.54, 1.807) is 24.3 Å². The van der Waals surface area contributed by atoms with Crippen LogP contribution in [0.25, 0.3) is 0 Å². The molecule has 3 rings (SSSR count).